The molecule has 0 radical (unpaired) electrons. The average molecular weight is 224 g/mol. The molecule has 0 aliphatic heterocycles. The van der Waals surface area contributed by atoms with Crippen molar-refractivity contribution < 1.29 is 4.42 Å². The van der Waals surface area contributed by atoms with Crippen LogP contribution in [-0.2, 0) is 0 Å². The van der Waals surface area contributed by atoms with Gasteiger partial charge in [-0.2, -0.15) is 0 Å². The molecule has 1 aromatic carbocycles. The fourth-order valence-electron chi connectivity index (χ4n) is 2.01. The van der Waals surface area contributed by atoms with Crippen molar-refractivity contribution in [1.82, 2.24) is 0 Å². The summed E-state index contributed by atoms with van der Waals surface area (Å²) in [6.45, 7) is 2.07. The molecule has 1 atom stereocenters. The van der Waals surface area contributed by atoms with Crippen LogP contribution in [0.4, 0.5) is 0 Å². The third-order valence-corrected chi connectivity index (χ3v) is 2.98. The molecule has 1 heterocycles. The zero-order valence-electron chi connectivity index (χ0n) is 9.51. The molecule has 0 saturated heterocycles. The van der Waals surface area contributed by atoms with E-state index in [4.69, 9.17) is 4.42 Å². The molecule has 2 nitrogen and oxygen atoms in total. The molecule has 1 aromatic heterocycles. The fraction of sp³-hybridized carbons (Fsp3) is 0.133. The standard InChI is InChI=1S/C15H12O2/c1-10-6-8-12-14(9-7-10)17-13-5-3-2-4-11(13)15(12)16/h2-10H,1H3. The number of para-hydroxylation sites is 1. The topological polar surface area (TPSA) is 30.2 Å². The first kappa shape index (κ1) is 10.1. The van der Waals surface area contributed by atoms with Crippen LogP contribution in [0.25, 0.3) is 23.1 Å². The van der Waals surface area contributed by atoms with Crippen molar-refractivity contribution in [2.75, 3.05) is 0 Å². The van der Waals surface area contributed by atoms with Crippen molar-refractivity contribution in [2.24, 2.45) is 5.92 Å². The SMILES string of the molecule is CC1C=Cc2oc3ccccc3c(=O)c2C=C1. The van der Waals surface area contributed by atoms with E-state index in [0.717, 1.165) is 0 Å². The molecule has 3 rings (SSSR count). The highest BCUT2D eigenvalue weighted by molar-refractivity contribution is 5.81. The molecular formula is C15H12O2. The molecule has 17 heavy (non-hydrogen) atoms. The number of allylic oxidation sites excluding steroid dienone is 2. The summed E-state index contributed by atoms with van der Waals surface area (Å²) < 4.78 is 5.76. The maximum Gasteiger partial charge on any atom is 0.200 e. The number of rotatable bonds is 0. The average Bonchev–Trinajstić information content (AvgIpc) is 2.53. The lowest BCUT2D eigenvalue weighted by molar-refractivity contribution is 0.589. The van der Waals surface area contributed by atoms with E-state index in [9.17, 15) is 4.79 Å². The highest BCUT2D eigenvalue weighted by Crippen LogP contribution is 2.21. The first-order valence-corrected chi connectivity index (χ1v) is 5.68. The summed E-state index contributed by atoms with van der Waals surface area (Å²) in [5.41, 5.74) is 1.32. The van der Waals surface area contributed by atoms with Gasteiger partial charge in [0.25, 0.3) is 0 Å². The number of fused-ring (bicyclic) bond motifs is 2. The lowest BCUT2D eigenvalue weighted by atomic mass is 10.1. The zero-order valence-corrected chi connectivity index (χ0v) is 9.51. The molecule has 0 spiro atoms. The van der Waals surface area contributed by atoms with Crippen LogP contribution in [0.2, 0.25) is 0 Å². The minimum Gasteiger partial charge on any atom is -0.456 e. The van der Waals surface area contributed by atoms with Gasteiger partial charge in [0.15, 0.2) is 0 Å². The van der Waals surface area contributed by atoms with Crippen LogP contribution in [0.15, 0.2) is 45.6 Å². The zero-order chi connectivity index (χ0) is 11.8. The lowest BCUT2D eigenvalue weighted by Gasteiger charge is -2.02. The highest BCUT2D eigenvalue weighted by atomic mass is 16.3. The van der Waals surface area contributed by atoms with Crippen molar-refractivity contribution in [3.63, 3.8) is 0 Å². The minimum atomic E-state index is 0.0388. The van der Waals surface area contributed by atoms with Crippen LogP contribution in [0, 0.1) is 5.92 Å². The molecule has 0 amide bonds. The highest BCUT2D eigenvalue weighted by Gasteiger charge is 2.11. The van der Waals surface area contributed by atoms with E-state index in [1.807, 2.05) is 42.5 Å². The Morgan fingerprint density at radius 3 is 2.76 bits per heavy atom. The van der Waals surface area contributed by atoms with Gasteiger partial charge in [-0.25, -0.2) is 0 Å². The Balaban J connectivity index is 2.41. The molecule has 0 bridgehead atoms. The van der Waals surface area contributed by atoms with Gasteiger partial charge in [0.05, 0.1) is 10.9 Å². The summed E-state index contributed by atoms with van der Waals surface area (Å²) in [4.78, 5) is 12.3. The van der Waals surface area contributed by atoms with Gasteiger partial charge in [0.2, 0.25) is 5.43 Å². The van der Waals surface area contributed by atoms with E-state index in [1.165, 1.54) is 0 Å². The van der Waals surface area contributed by atoms with Gasteiger partial charge in [-0.05, 0) is 24.1 Å². The maximum absolute atomic E-state index is 12.3. The van der Waals surface area contributed by atoms with Crippen molar-refractivity contribution in [2.45, 2.75) is 6.92 Å². The van der Waals surface area contributed by atoms with E-state index in [1.54, 1.807) is 6.07 Å². The van der Waals surface area contributed by atoms with Crippen LogP contribution in [0.1, 0.15) is 18.2 Å². The number of hydrogen-bond acceptors (Lipinski definition) is 2. The Labute approximate surface area is 98.9 Å². The molecular weight excluding hydrogens is 212 g/mol. The van der Waals surface area contributed by atoms with Gasteiger partial charge >= 0.3 is 0 Å². The fourth-order valence-corrected chi connectivity index (χ4v) is 2.01. The van der Waals surface area contributed by atoms with Gasteiger partial charge in [-0.15, -0.1) is 0 Å². The van der Waals surface area contributed by atoms with Gasteiger partial charge in [-0.3, -0.25) is 4.79 Å². The molecule has 1 aliphatic rings. The number of hydrogen-bond donors (Lipinski definition) is 0. The Morgan fingerprint density at radius 2 is 1.88 bits per heavy atom. The first-order valence-electron chi connectivity index (χ1n) is 5.68. The molecule has 0 fully saturated rings. The summed E-state index contributed by atoms with van der Waals surface area (Å²) in [5.74, 6) is 0.967. The Morgan fingerprint density at radius 1 is 1.12 bits per heavy atom. The van der Waals surface area contributed by atoms with E-state index in [-0.39, 0.29) is 5.43 Å². The van der Waals surface area contributed by atoms with E-state index in [0.29, 0.717) is 28.2 Å². The Bertz CT molecular complexity index is 690. The minimum absolute atomic E-state index is 0.0388. The lowest BCUT2D eigenvalue weighted by Crippen LogP contribution is -2.07. The molecule has 2 aromatic rings. The van der Waals surface area contributed by atoms with Crippen LogP contribution in [0.5, 0.6) is 0 Å². The predicted octanol–water partition coefficient (Wildman–Crippen LogP) is 3.47. The molecule has 2 heteroatoms. The van der Waals surface area contributed by atoms with Gasteiger partial charge in [0, 0.05) is 0 Å². The molecule has 0 saturated carbocycles. The van der Waals surface area contributed by atoms with Crippen molar-refractivity contribution in [1.29, 1.82) is 0 Å². The quantitative estimate of drug-likeness (QED) is 0.685. The Kier molecular flexibility index (Phi) is 2.22. The molecule has 84 valence electrons. The normalized spacial score (nSPS) is 18.1. The van der Waals surface area contributed by atoms with E-state index < -0.39 is 0 Å². The van der Waals surface area contributed by atoms with E-state index >= 15 is 0 Å². The third kappa shape index (κ3) is 1.62. The first-order chi connectivity index (χ1) is 8.25. The van der Waals surface area contributed by atoms with Crippen LogP contribution in [0.3, 0.4) is 0 Å². The van der Waals surface area contributed by atoms with Crippen molar-refractivity contribution in [3.8, 4) is 0 Å². The summed E-state index contributed by atoms with van der Waals surface area (Å²) in [7, 11) is 0. The second kappa shape index (κ2) is 3.74. The Hall–Kier alpha value is -2.09. The number of benzene rings is 1. The smallest absolute Gasteiger partial charge is 0.200 e. The van der Waals surface area contributed by atoms with Crippen LogP contribution >= 0.6 is 0 Å². The summed E-state index contributed by atoms with van der Waals surface area (Å²) in [6, 6.07) is 7.34. The molecule has 1 unspecified atom stereocenters. The van der Waals surface area contributed by atoms with Gasteiger partial charge < -0.3 is 4.42 Å². The predicted molar refractivity (Wildman–Crippen MR) is 69.7 cm³/mol. The van der Waals surface area contributed by atoms with Crippen molar-refractivity contribution in [3.05, 3.63) is 58.0 Å². The third-order valence-electron chi connectivity index (χ3n) is 2.98. The second-order valence-corrected chi connectivity index (χ2v) is 4.28. The van der Waals surface area contributed by atoms with E-state index in [2.05, 4.69) is 6.92 Å². The van der Waals surface area contributed by atoms with Gasteiger partial charge in [-0.1, -0.05) is 37.3 Å². The summed E-state index contributed by atoms with van der Waals surface area (Å²) in [6.07, 6.45) is 7.78. The molecule has 1 aliphatic carbocycles. The van der Waals surface area contributed by atoms with Crippen molar-refractivity contribution >= 4 is 23.1 Å². The summed E-state index contributed by atoms with van der Waals surface area (Å²) >= 11 is 0. The molecule has 0 N–H and O–H groups in total. The van der Waals surface area contributed by atoms with Crippen LogP contribution < -0.4 is 5.43 Å². The summed E-state index contributed by atoms with van der Waals surface area (Å²) in [5, 5.41) is 0.638. The van der Waals surface area contributed by atoms with Crippen LogP contribution in [-0.4, -0.2) is 0 Å². The second-order valence-electron chi connectivity index (χ2n) is 4.28. The van der Waals surface area contributed by atoms with Gasteiger partial charge in [0.1, 0.15) is 11.3 Å². The monoisotopic (exact) mass is 224 g/mol. The maximum atomic E-state index is 12.3. The largest absolute Gasteiger partial charge is 0.456 e.